The molecule has 0 spiro atoms. The molecule has 14 heavy (non-hydrogen) atoms. The lowest BCUT2D eigenvalue weighted by molar-refractivity contribution is -0.590. The maximum atomic E-state index is 11.4. The van der Waals surface area contributed by atoms with Crippen LogP contribution in [0.5, 0.6) is 5.75 Å². The summed E-state index contributed by atoms with van der Waals surface area (Å²) in [5, 5.41) is 13.7. The van der Waals surface area contributed by atoms with Crippen LogP contribution in [0.25, 0.3) is 0 Å². The maximum absolute atomic E-state index is 11.4. The molecule has 0 fully saturated rings. The second kappa shape index (κ2) is 3.95. The number of hydrogen-bond acceptors (Lipinski definition) is 3. The van der Waals surface area contributed by atoms with Crippen molar-refractivity contribution in [1.29, 1.82) is 0 Å². The molecule has 0 aliphatic carbocycles. The lowest BCUT2D eigenvalue weighted by atomic mass is 10.2. The number of rotatable bonds is 3. The summed E-state index contributed by atoms with van der Waals surface area (Å²) in [6, 6.07) is 0. The van der Waals surface area contributed by atoms with Crippen LogP contribution in [-0.2, 0) is 4.79 Å². The molecule has 1 amide bonds. The molecule has 1 N–H and O–H groups in total. The molecule has 0 saturated heterocycles. The Morgan fingerprint density at radius 1 is 1.57 bits per heavy atom. The molecule has 5 heteroatoms. The summed E-state index contributed by atoms with van der Waals surface area (Å²) in [5.41, 5.74) is 1.35. The van der Waals surface area contributed by atoms with Gasteiger partial charge in [-0.2, -0.15) is 0 Å². The summed E-state index contributed by atoms with van der Waals surface area (Å²) in [6.45, 7) is 3.48. The van der Waals surface area contributed by atoms with E-state index in [2.05, 4.69) is 5.32 Å². The van der Waals surface area contributed by atoms with Gasteiger partial charge in [0.05, 0.1) is 12.7 Å². The van der Waals surface area contributed by atoms with Crippen LogP contribution in [0.4, 0.5) is 5.82 Å². The number of hydrogen-bond donors (Lipinski definition) is 1. The second-order valence-corrected chi connectivity index (χ2v) is 2.91. The third kappa shape index (κ3) is 1.61. The Balaban J connectivity index is 3.35. The Labute approximate surface area is 81.9 Å². The van der Waals surface area contributed by atoms with E-state index in [9.17, 15) is 10.0 Å². The lowest BCUT2D eigenvalue weighted by Crippen LogP contribution is -2.32. The van der Waals surface area contributed by atoms with Gasteiger partial charge in [-0.1, -0.05) is 0 Å². The Kier molecular flexibility index (Phi) is 2.91. The molecular formula is C9H12N2O3. The molecule has 0 aliphatic rings. The molecule has 5 nitrogen and oxygen atoms in total. The normalized spacial score (nSPS) is 9.64. The van der Waals surface area contributed by atoms with Crippen LogP contribution >= 0.6 is 0 Å². The number of aryl methyl sites for hydroxylation is 1. The van der Waals surface area contributed by atoms with E-state index < -0.39 is 0 Å². The van der Waals surface area contributed by atoms with Crippen LogP contribution < -0.4 is 14.8 Å². The van der Waals surface area contributed by atoms with Crippen molar-refractivity contribution in [2.45, 2.75) is 13.8 Å². The van der Waals surface area contributed by atoms with Gasteiger partial charge in [-0.25, -0.2) is 10.0 Å². The molecule has 0 bridgehead atoms. The number of nitrogens with one attached hydrogen (secondary N) is 1. The first-order valence-corrected chi connectivity index (χ1v) is 4.09. The largest absolute Gasteiger partial charge is 0.711 e. The van der Waals surface area contributed by atoms with Crippen molar-refractivity contribution in [3.8, 4) is 5.75 Å². The first kappa shape index (κ1) is 10.3. The topological polar surface area (TPSA) is 65.3 Å². The minimum Gasteiger partial charge on any atom is -0.711 e. The highest BCUT2D eigenvalue weighted by molar-refractivity contribution is 5.70. The van der Waals surface area contributed by atoms with Crippen molar-refractivity contribution in [2.24, 2.45) is 0 Å². The highest BCUT2D eigenvalue weighted by Crippen LogP contribution is 2.25. The first-order valence-electron chi connectivity index (χ1n) is 4.09. The average Bonchev–Trinajstić information content (AvgIpc) is 2.12. The molecule has 0 aliphatic heterocycles. The van der Waals surface area contributed by atoms with Crippen LogP contribution in [0, 0.1) is 19.1 Å². The summed E-state index contributed by atoms with van der Waals surface area (Å²) in [7, 11) is 1.52. The molecule has 0 saturated carbocycles. The van der Waals surface area contributed by atoms with Gasteiger partial charge < -0.3 is 9.94 Å². The summed E-state index contributed by atoms with van der Waals surface area (Å²) < 4.78 is 5.72. The van der Waals surface area contributed by atoms with E-state index in [4.69, 9.17) is 4.74 Å². The lowest BCUT2D eigenvalue weighted by Gasteiger charge is -2.14. The predicted molar refractivity (Wildman–Crippen MR) is 51.1 cm³/mol. The molecular weight excluding hydrogens is 184 g/mol. The fraction of sp³-hybridized carbons (Fsp3) is 0.333. The van der Waals surface area contributed by atoms with E-state index in [0.717, 1.165) is 5.56 Å². The van der Waals surface area contributed by atoms with E-state index in [1.54, 1.807) is 13.8 Å². The number of nitrogens with zero attached hydrogens (tertiary/aromatic N) is 1. The number of aromatic nitrogens is 1. The van der Waals surface area contributed by atoms with E-state index in [1.165, 1.54) is 13.3 Å². The van der Waals surface area contributed by atoms with Gasteiger partial charge in [-0.3, -0.25) is 4.79 Å². The van der Waals surface area contributed by atoms with Gasteiger partial charge in [0, 0.05) is 5.56 Å². The highest BCUT2D eigenvalue weighted by Gasteiger charge is 2.15. The molecule has 1 rings (SSSR count). The fourth-order valence-electron chi connectivity index (χ4n) is 1.41. The van der Waals surface area contributed by atoms with Crippen molar-refractivity contribution in [3.63, 3.8) is 0 Å². The summed E-state index contributed by atoms with van der Waals surface area (Å²) in [4.78, 5) is 10.3. The standard InChI is InChI=1S/C9H12N2O3/c1-6-4-11(13)9(10-5-12)7(2)8(6)14-3/h4-5H,1-3H3,(H,10,12). The Bertz CT molecular complexity index is 364. The predicted octanol–water partition coefficient (Wildman–Crippen LogP) is 0.514. The van der Waals surface area contributed by atoms with Crippen molar-refractivity contribution in [1.82, 2.24) is 0 Å². The number of ether oxygens (including phenoxy) is 1. The zero-order valence-corrected chi connectivity index (χ0v) is 8.33. The van der Waals surface area contributed by atoms with E-state index in [0.29, 0.717) is 22.5 Å². The zero-order valence-electron chi connectivity index (χ0n) is 8.33. The molecule has 1 aromatic rings. The zero-order chi connectivity index (χ0) is 10.7. The molecule has 1 heterocycles. The minimum atomic E-state index is 0.197. The van der Waals surface area contributed by atoms with Gasteiger partial charge in [0.2, 0.25) is 0 Å². The van der Waals surface area contributed by atoms with E-state index >= 15 is 0 Å². The molecule has 76 valence electrons. The summed E-state index contributed by atoms with van der Waals surface area (Å²) >= 11 is 0. The van der Waals surface area contributed by atoms with Crippen LogP contribution in [0.2, 0.25) is 0 Å². The first-order chi connectivity index (χ1) is 6.61. The van der Waals surface area contributed by atoms with Crippen LogP contribution in [0.1, 0.15) is 11.1 Å². The Morgan fingerprint density at radius 3 is 2.71 bits per heavy atom. The number of amides is 1. The third-order valence-electron chi connectivity index (χ3n) is 1.99. The van der Waals surface area contributed by atoms with Gasteiger partial charge in [-0.15, -0.1) is 0 Å². The van der Waals surface area contributed by atoms with Crippen molar-refractivity contribution in [3.05, 3.63) is 22.5 Å². The number of methoxy groups -OCH3 is 1. The van der Waals surface area contributed by atoms with Crippen LogP contribution in [0.3, 0.4) is 0 Å². The van der Waals surface area contributed by atoms with Crippen LogP contribution in [-0.4, -0.2) is 13.5 Å². The Morgan fingerprint density at radius 2 is 2.21 bits per heavy atom. The monoisotopic (exact) mass is 196 g/mol. The van der Waals surface area contributed by atoms with Gasteiger partial charge in [-0.05, 0) is 13.8 Å². The Hall–Kier alpha value is -1.78. The molecule has 1 aromatic heterocycles. The third-order valence-corrected chi connectivity index (χ3v) is 1.99. The minimum absolute atomic E-state index is 0.197. The summed E-state index contributed by atoms with van der Waals surface area (Å²) in [5.74, 6) is 0.809. The molecule has 0 aromatic carbocycles. The fourth-order valence-corrected chi connectivity index (χ4v) is 1.41. The van der Waals surface area contributed by atoms with E-state index in [1.807, 2.05) is 0 Å². The smallest absolute Gasteiger partial charge is 0.295 e. The molecule has 0 radical (unpaired) electrons. The number of carbonyl (C=O) groups is 1. The molecule has 0 unspecified atom stereocenters. The van der Waals surface area contributed by atoms with Gasteiger partial charge in [0.15, 0.2) is 0 Å². The SMILES string of the molecule is COc1c(C)c[n+]([O-])c(NC=O)c1C. The maximum Gasteiger partial charge on any atom is 0.295 e. The number of anilines is 1. The second-order valence-electron chi connectivity index (χ2n) is 2.91. The average molecular weight is 196 g/mol. The quantitative estimate of drug-likeness (QED) is 0.435. The van der Waals surface area contributed by atoms with Crippen LogP contribution in [0.15, 0.2) is 6.20 Å². The van der Waals surface area contributed by atoms with Crippen molar-refractivity contribution in [2.75, 3.05) is 12.4 Å². The van der Waals surface area contributed by atoms with Gasteiger partial charge in [0.1, 0.15) is 11.9 Å². The summed E-state index contributed by atoms with van der Waals surface area (Å²) in [6.07, 6.45) is 1.82. The molecule has 0 atom stereocenters. The number of pyridine rings is 1. The van der Waals surface area contributed by atoms with Crippen molar-refractivity contribution >= 4 is 12.2 Å². The van der Waals surface area contributed by atoms with Gasteiger partial charge >= 0.3 is 0 Å². The van der Waals surface area contributed by atoms with E-state index in [-0.39, 0.29) is 5.82 Å². The van der Waals surface area contributed by atoms with Gasteiger partial charge in [0.25, 0.3) is 12.2 Å². The highest BCUT2D eigenvalue weighted by atomic mass is 16.5. The van der Waals surface area contributed by atoms with Crippen molar-refractivity contribution < 1.29 is 14.3 Å². The number of carbonyl (C=O) groups excluding carboxylic acids is 1.